The van der Waals surface area contributed by atoms with E-state index in [1.807, 2.05) is 38.1 Å². The number of anilines is 1. The summed E-state index contributed by atoms with van der Waals surface area (Å²) in [7, 11) is 3.64. The summed E-state index contributed by atoms with van der Waals surface area (Å²) in [5.41, 5.74) is 2.10. The normalized spacial score (nSPS) is 20.3. The number of pyridine rings is 1. The van der Waals surface area contributed by atoms with E-state index >= 15 is 0 Å². The average Bonchev–Trinajstić information content (AvgIpc) is 3.46. The van der Waals surface area contributed by atoms with Crippen molar-refractivity contribution in [2.45, 2.75) is 26.2 Å². The Bertz CT molecular complexity index is 1180. The largest absolute Gasteiger partial charge is 0.378 e. The smallest absolute Gasteiger partial charge is 0.273 e. The molecule has 1 unspecified atom stereocenters. The van der Waals surface area contributed by atoms with Gasteiger partial charge in [-0.25, -0.2) is 14.5 Å². The van der Waals surface area contributed by atoms with Gasteiger partial charge in [0.25, 0.3) is 11.8 Å². The van der Waals surface area contributed by atoms with Crippen LogP contribution in [0.25, 0.3) is 5.65 Å². The standard InChI is InChI=1S/C23H27N7O3.C2H6/c1-27-15-18(23(32)29-10-12-33-13-11-29)20(28(27)2)22(31)24-17-8-9-30-19(14-17)25-21(26-30)16-6-4-3-5-7-16;1-2/h3-6,8-9,14,16H,7,10-13,15H2,1-2H3,(H,24,31);1-2H3. The van der Waals surface area contributed by atoms with Crippen molar-refractivity contribution in [2.75, 3.05) is 52.3 Å². The minimum absolute atomic E-state index is 0.119. The summed E-state index contributed by atoms with van der Waals surface area (Å²) in [4.78, 5) is 32.8. The van der Waals surface area contributed by atoms with Crippen molar-refractivity contribution in [3.63, 3.8) is 0 Å². The minimum atomic E-state index is -0.331. The number of allylic oxidation sites excluding steroid dienone is 4. The fourth-order valence-electron chi connectivity index (χ4n) is 4.28. The molecular formula is C25H33N7O3. The zero-order chi connectivity index (χ0) is 24.9. The van der Waals surface area contributed by atoms with Gasteiger partial charge in [0.05, 0.1) is 25.3 Å². The number of ether oxygens (including phenoxy) is 1. The molecule has 1 aliphatic carbocycles. The molecule has 2 aromatic rings. The van der Waals surface area contributed by atoms with Crippen LogP contribution in [0.1, 0.15) is 32.0 Å². The Hall–Kier alpha value is -3.50. The van der Waals surface area contributed by atoms with Gasteiger partial charge in [0.1, 0.15) is 5.70 Å². The first-order chi connectivity index (χ1) is 17.0. The molecule has 2 aliphatic heterocycles. The molecule has 2 amide bonds. The van der Waals surface area contributed by atoms with Gasteiger partial charge in [0.15, 0.2) is 11.5 Å². The monoisotopic (exact) mass is 479 g/mol. The van der Waals surface area contributed by atoms with Crippen LogP contribution >= 0.6 is 0 Å². The van der Waals surface area contributed by atoms with Crippen LogP contribution in [0.3, 0.4) is 0 Å². The van der Waals surface area contributed by atoms with Crippen molar-refractivity contribution in [2.24, 2.45) is 0 Å². The number of hydrogen-bond acceptors (Lipinski definition) is 7. The van der Waals surface area contributed by atoms with E-state index in [-0.39, 0.29) is 17.7 Å². The molecule has 1 N–H and O–H groups in total. The number of fused-ring (bicyclic) bond motifs is 1. The van der Waals surface area contributed by atoms with Crippen LogP contribution in [-0.4, -0.2) is 88.3 Å². The van der Waals surface area contributed by atoms with E-state index in [2.05, 4.69) is 27.6 Å². The lowest BCUT2D eigenvalue weighted by Gasteiger charge is -2.27. The molecule has 10 nitrogen and oxygen atoms in total. The zero-order valence-electron chi connectivity index (χ0n) is 20.8. The highest BCUT2D eigenvalue weighted by atomic mass is 16.5. The molecule has 0 bridgehead atoms. The number of likely N-dealkylation sites (N-methyl/N-ethyl adjacent to an activating group) is 2. The Labute approximate surface area is 205 Å². The van der Waals surface area contributed by atoms with Crippen LogP contribution in [0, 0.1) is 0 Å². The summed E-state index contributed by atoms with van der Waals surface area (Å²) in [6.45, 7) is 6.47. The van der Waals surface area contributed by atoms with E-state index in [9.17, 15) is 9.59 Å². The van der Waals surface area contributed by atoms with Crippen molar-refractivity contribution >= 4 is 23.1 Å². The molecular weight excluding hydrogens is 446 g/mol. The van der Waals surface area contributed by atoms with E-state index in [1.165, 1.54) is 0 Å². The first-order valence-electron chi connectivity index (χ1n) is 12.1. The van der Waals surface area contributed by atoms with Gasteiger partial charge < -0.3 is 20.0 Å². The van der Waals surface area contributed by atoms with Gasteiger partial charge in [0, 0.05) is 51.1 Å². The number of morpholine rings is 1. The molecule has 3 aliphatic rings. The van der Waals surface area contributed by atoms with E-state index in [0.717, 1.165) is 12.2 Å². The molecule has 2 aromatic heterocycles. The summed E-state index contributed by atoms with van der Waals surface area (Å²) in [5.74, 6) is 0.446. The second kappa shape index (κ2) is 10.8. The van der Waals surface area contributed by atoms with Crippen LogP contribution in [0.5, 0.6) is 0 Å². The number of aromatic nitrogens is 3. The summed E-state index contributed by atoms with van der Waals surface area (Å²) in [6, 6.07) is 3.57. The van der Waals surface area contributed by atoms with Crippen LogP contribution in [-0.2, 0) is 14.3 Å². The maximum absolute atomic E-state index is 13.3. The fraction of sp³-hybridized carbons (Fsp3) is 0.440. The van der Waals surface area contributed by atoms with E-state index < -0.39 is 0 Å². The third kappa shape index (κ3) is 5.13. The molecule has 0 saturated carbocycles. The summed E-state index contributed by atoms with van der Waals surface area (Å²) < 4.78 is 7.06. The van der Waals surface area contributed by atoms with Gasteiger partial charge in [-0.2, -0.15) is 5.10 Å². The van der Waals surface area contributed by atoms with Crippen molar-refractivity contribution in [3.8, 4) is 0 Å². The predicted octanol–water partition coefficient (Wildman–Crippen LogP) is 2.20. The maximum atomic E-state index is 13.3. The number of nitrogens with one attached hydrogen (secondary N) is 1. The number of hydrogen-bond donors (Lipinski definition) is 1. The molecule has 1 saturated heterocycles. The van der Waals surface area contributed by atoms with Crippen LogP contribution < -0.4 is 5.32 Å². The zero-order valence-corrected chi connectivity index (χ0v) is 20.8. The second-order valence-corrected chi connectivity index (χ2v) is 8.37. The van der Waals surface area contributed by atoms with Crippen LogP contribution in [0.2, 0.25) is 0 Å². The van der Waals surface area contributed by atoms with Gasteiger partial charge in [-0.15, -0.1) is 0 Å². The Balaban J connectivity index is 0.00000141. The summed E-state index contributed by atoms with van der Waals surface area (Å²) in [6.07, 6.45) is 10.9. The molecule has 35 heavy (non-hydrogen) atoms. The van der Waals surface area contributed by atoms with Gasteiger partial charge in [0.2, 0.25) is 0 Å². The molecule has 1 fully saturated rings. The van der Waals surface area contributed by atoms with Crippen molar-refractivity contribution in [1.82, 2.24) is 29.5 Å². The van der Waals surface area contributed by atoms with Crippen LogP contribution in [0.15, 0.2) is 53.9 Å². The Kier molecular flexibility index (Phi) is 7.62. The number of nitrogens with zero attached hydrogens (tertiary/aromatic N) is 6. The lowest BCUT2D eigenvalue weighted by molar-refractivity contribution is -0.131. The SMILES string of the molecule is CC.CN1CC(C(=O)N2CCOCC2)=C(C(=O)Nc2ccn3nc(C4C=CC=CC4)nc3c2)N1C. The minimum Gasteiger partial charge on any atom is -0.378 e. The highest BCUT2D eigenvalue weighted by molar-refractivity contribution is 6.10. The van der Waals surface area contributed by atoms with Gasteiger partial charge in [-0.1, -0.05) is 38.2 Å². The third-order valence-corrected chi connectivity index (χ3v) is 6.20. The molecule has 0 spiro atoms. The molecule has 0 aromatic carbocycles. The molecule has 186 valence electrons. The molecule has 5 rings (SSSR count). The topological polar surface area (TPSA) is 95.3 Å². The second-order valence-electron chi connectivity index (χ2n) is 8.37. The summed E-state index contributed by atoms with van der Waals surface area (Å²) >= 11 is 0. The first kappa shape index (κ1) is 24.6. The highest BCUT2D eigenvalue weighted by Crippen LogP contribution is 2.25. The van der Waals surface area contributed by atoms with E-state index in [1.54, 1.807) is 39.8 Å². The number of amides is 2. The number of hydrazine groups is 1. The highest BCUT2D eigenvalue weighted by Gasteiger charge is 2.35. The molecule has 1 atom stereocenters. The number of carbonyl (C=O) groups excluding carboxylic acids is 2. The Morgan fingerprint density at radius 3 is 2.63 bits per heavy atom. The maximum Gasteiger partial charge on any atom is 0.273 e. The Morgan fingerprint density at radius 2 is 1.91 bits per heavy atom. The predicted molar refractivity (Wildman–Crippen MR) is 133 cm³/mol. The van der Waals surface area contributed by atoms with Gasteiger partial charge in [-0.3, -0.25) is 9.59 Å². The van der Waals surface area contributed by atoms with Gasteiger partial charge >= 0.3 is 0 Å². The van der Waals surface area contributed by atoms with Crippen molar-refractivity contribution in [3.05, 3.63) is 59.7 Å². The first-order valence-corrected chi connectivity index (χ1v) is 12.1. The molecule has 4 heterocycles. The van der Waals surface area contributed by atoms with Crippen molar-refractivity contribution in [1.29, 1.82) is 0 Å². The van der Waals surface area contributed by atoms with Crippen LogP contribution in [0.4, 0.5) is 5.69 Å². The third-order valence-electron chi connectivity index (χ3n) is 6.20. The van der Waals surface area contributed by atoms with E-state index in [4.69, 9.17) is 4.74 Å². The summed E-state index contributed by atoms with van der Waals surface area (Å²) in [5, 5.41) is 11.1. The molecule has 0 radical (unpaired) electrons. The average molecular weight is 480 g/mol. The lowest BCUT2D eigenvalue weighted by atomic mass is 10.0. The lowest BCUT2D eigenvalue weighted by Crippen LogP contribution is -2.42. The number of rotatable bonds is 4. The Morgan fingerprint density at radius 1 is 1.14 bits per heavy atom. The van der Waals surface area contributed by atoms with Crippen molar-refractivity contribution < 1.29 is 14.3 Å². The van der Waals surface area contributed by atoms with Gasteiger partial charge in [-0.05, 0) is 12.5 Å². The fourth-order valence-corrected chi connectivity index (χ4v) is 4.28. The van der Waals surface area contributed by atoms with E-state index in [0.29, 0.717) is 55.5 Å². The quantitative estimate of drug-likeness (QED) is 0.718. The molecule has 10 heteroatoms. The number of carbonyl (C=O) groups is 2.